The Morgan fingerprint density at radius 1 is 1.26 bits per heavy atom. The molecule has 0 aliphatic carbocycles. The fourth-order valence-corrected chi connectivity index (χ4v) is 4.08. The summed E-state index contributed by atoms with van der Waals surface area (Å²) in [4.78, 5) is 8.47. The maximum Gasteiger partial charge on any atom is 0.123 e. The molecule has 0 bridgehead atoms. The molecule has 0 unspecified atom stereocenters. The number of rotatable bonds is 1. The minimum atomic E-state index is -0.204. The predicted octanol–water partition coefficient (Wildman–Crippen LogP) is 3.67. The molecule has 2 heterocycles. The molecule has 0 fully saturated rings. The minimum absolute atomic E-state index is 0.0805. The largest absolute Gasteiger partial charge is 0.300 e. The highest BCUT2D eigenvalue weighted by Gasteiger charge is 2.33. The van der Waals surface area contributed by atoms with Crippen molar-refractivity contribution >= 4 is 11.3 Å². The fourth-order valence-electron chi connectivity index (χ4n) is 2.75. The van der Waals surface area contributed by atoms with Crippen molar-refractivity contribution in [2.45, 2.75) is 25.8 Å². The van der Waals surface area contributed by atoms with Gasteiger partial charge in [-0.05, 0) is 31.3 Å². The number of thiazole rings is 1. The van der Waals surface area contributed by atoms with Gasteiger partial charge in [-0.25, -0.2) is 9.37 Å². The second-order valence-corrected chi connectivity index (χ2v) is 6.94. The van der Waals surface area contributed by atoms with Crippen LogP contribution in [0.5, 0.6) is 0 Å². The predicted molar refractivity (Wildman–Crippen MR) is 76.9 cm³/mol. The molecule has 1 aromatic heterocycles. The lowest BCUT2D eigenvalue weighted by atomic mass is 9.85. The monoisotopic (exact) mass is 276 g/mol. The third-order valence-corrected chi connectivity index (χ3v) is 4.60. The molecule has 2 nitrogen and oxygen atoms in total. The van der Waals surface area contributed by atoms with Crippen molar-refractivity contribution in [3.05, 3.63) is 40.7 Å². The molecule has 0 amide bonds. The summed E-state index contributed by atoms with van der Waals surface area (Å²) in [6, 6.07) is 6.59. The van der Waals surface area contributed by atoms with Crippen LogP contribution in [0.15, 0.2) is 24.3 Å². The molecule has 1 aliphatic rings. The summed E-state index contributed by atoms with van der Waals surface area (Å²) in [5, 5.41) is 0.994. The van der Waals surface area contributed by atoms with Crippen molar-refractivity contribution < 1.29 is 4.39 Å². The molecular weight excluding hydrogens is 259 g/mol. The molecule has 0 N–H and O–H groups in total. The molecule has 1 aliphatic heterocycles. The lowest BCUT2D eigenvalue weighted by Crippen LogP contribution is -2.39. The lowest BCUT2D eigenvalue weighted by Gasteiger charge is -2.34. The summed E-state index contributed by atoms with van der Waals surface area (Å²) < 4.78 is 13.0. The van der Waals surface area contributed by atoms with Gasteiger partial charge in [0.25, 0.3) is 0 Å². The molecule has 100 valence electrons. The minimum Gasteiger partial charge on any atom is -0.300 e. The molecule has 4 heteroatoms. The Bertz CT molecular complexity index is 601. The van der Waals surface area contributed by atoms with Crippen LogP contribution in [0.1, 0.15) is 24.4 Å². The third kappa shape index (κ3) is 2.30. The van der Waals surface area contributed by atoms with Crippen molar-refractivity contribution in [3.63, 3.8) is 0 Å². The summed E-state index contributed by atoms with van der Waals surface area (Å²) in [6.07, 6.45) is 0. The molecule has 0 atom stereocenters. The highest BCUT2D eigenvalue weighted by atomic mass is 32.1. The van der Waals surface area contributed by atoms with Crippen LogP contribution in [-0.4, -0.2) is 23.5 Å². The normalized spacial score (nSPS) is 18.3. The Labute approximate surface area is 116 Å². The maximum atomic E-state index is 13.0. The highest BCUT2D eigenvalue weighted by Crippen LogP contribution is 2.38. The second kappa shape index (κ2) is 4.39. The zero-order chi connectivity index (χ0) is 13.6. The van der Waals surface area contributed by atoms with E-state index in [1.807, 2.05) is 0 Å². The van der Waals surface area contributed by atoms with Gasteiger partial charge in [0.05, 0.1) is 5.69 Å². The Balaban J connectivity index is 2.05. The van der Waals surface area contributed by atoms with Crippen molar-refractivity contribution in [2.75, 3.05) is 13.6 Å². The van der Waals surface area contributed by atoms with Gasteiger partial charge in [0.2, 0.25) is 0 Å². The zero-order valence-electron chi connectivity index (χ0n) is 11.4. The summed E-state index contributed by atoms with van der Waals surface area (Å²) in [5.74, 6) is -0.204. The van der Waals surface area contributed by atoms with E-state index in [9.17, 15) is 4.39 Å². The molecule has 0 spiro atoms. The van der Waals surface area contributed by atoms with E-state index in [4.69, 9.17) is 4.98 Å². The molecule has 0 saturated heterocycles. The van der Waals surface area contributed by atoms with Crippen LogP contribution in [0.25, 0.3) is 10.6 Å². The van der Waals surface area contributed by atoms with Crippen molar-refractivity contribution in [3.8, 4) is 10.6 Å². The Kier molecular flexibility index (Phi) is 2.95. The number of hydrogen-bond donors (Lipinski definition) is 0. The fraction of sp³-hybridized carbons (Fsp3) is 0.400. The van der Waals surface area contributed by atoms with E-state index in [0.717, 1.165) is 23.7 Å². The zero-order valence-corrected chi connectivity index (χ0v) is 12.2. The van der Waals surface area contributed by atoms with E-state index in [1.165, 1.54) is 22.7 Å². The number of nitrogens with zero attached hydrogens (tertiary/aromatic N) is 2. The van der Waals surface area contributed by atoms with Crippen LogP contribution in [-0.2, 0) is 12.0 Å². The summed E-state index contributed by atoms with van der Waals surface area (Å²) in [5.41, 5.74) is 2.28. The average molecular weight is 276 g/mol. The number of fused-ring (bicyclic) bond motifs is 1. The first-order valence-electron chi connectivity index (χ1n) is 6.40. The summed E-state index contributed by atoms with van der Waals surface area (Å²) in [7, 11) is 2.14. The Hall–Kier alpha value is -1.26. The number of aromatic nitrogens is 1. The summed E-state index contributed by atoms with van der Waals surface area (Å²) in [6.45, 7) is 6.44. The van der Waals surface area contributed by atoms with E-state index in [2.05, 4.69) is 25.8 Å². The van der Waals surface area contributed by atoms with E-state index in [-0.39, 0.29) is 11.2 Å². The van der Waals surface area contributed by atoms with Crippen LogP contribution in [0.2, 0.25) is 0 Å². The number of halogens is 1. The van der Waals surface area contributed by atoms with Crippen LogP contribution in [0.4, 0.5) is 4.39 Å². The van der Waals surface area contributed by atoms with Crippen molar-refractivity contribution in [2.24, 2.45) is 0 Å². The van der Waals surface area contributed by atoms with E-state index in [1.54, 1.807) is 23.5 Å². The van der Waals surface area contributed by atoms with E-state index >= 15 is 0 Å². The first-order chi connectivity index (χ1) is 8.95. The van der Waals surface area contributed by atoms with Gasteiger partial charge in [-0.3, -0.25) is 0 Å². The van der Waals surface area contributed by atoms with Crippen molar-refractivity contribution in [1.29, 1.82) is 0 Å². The number of hydrogen-bond acceptors (Lipinski definition) is 3. The molecule has 3 rings (SSSR count). The van der Waals surface area contributed by atoms with Gasteiger partial charge in [0.15, 0.2) is 0 Å². The van der Waals surface area contributed by atoms with Crippen LogP contribution in [0, 0.1) is 5.82 Å². The van der Waals surface area contributed by atoms with Crippen molar-refractivity contribution in [1.82, 2.24) is 9.88 Å². The molecule has 19 heavy (non-hydrogen) atoms. The van der Waals surface area contributed by atoms with Gasteiger partial charge < -0.3 is 4.90 Å². The van der Waals surface area contributed by atoms with Gasteiger partial charge in [0.1, 0.15) is 10.8 Å². The van der Waals surface area contributed by atoms with E-state index in [0.29, 0.717) is 0 Å². The van der Waals surface area contributed by atoms with Gasteiger partial charge in [-0.15, -0.1) is 11.3 Å². The standard InChI is InChI=1S/C15H17FN2S/c1-15(2)9-18(3)8-12-13(15)17-14(19-12)10-4-6-11(16)7-5-10/h4-7H,8-9H2,1-3H3. The van der Waals surface area contributed by atoms with Crippen LogP contribution >= 0.6 is 11.3 Å². The smallest absolute Gasteiger partial charge is 0.123 e. The highest BCUT2D eigenvalue weighted by molar-refractivity contribution is 7.15. The number of benzene rings is 1. The quantitative estimate of drug-likeness (QED) is 0.790. The van der Waals surface area contributed by atoms with E-state index < -0.39 is 0 Å². The molecule has 0 saturated carbocycles. The van der Waals surface area contributed by atoms with Crippen LogP contribution in [0.3, 0.4) is 0 Å². The van der Waals surface area contributed by atoms with Gasteiger partial charge >= 0.3 is 0 Å². The van der Waals surface area contributed by atoms with Gasteiger partial charge in [0, 0.05) is 28.9 Å². The lowest BCUT2D eigenvalue weighted by molar-refractivity contribution is 0.235. The Morgan fingerprint density at radius 3 is 2.63 bits per heavy atom. The van der Waals surface area contributed by atoms with Crippen LogP contribution < -0.4 is 0 Å². The molecular formula is C15H17FN2S. The average Bonchev–Trinajstić information content (AvgIpc) is 2.73. The summed E-state index contributed by atoms with van der Waals surface area (Å²) >= 11 is 1.73. The van der Waals surface area contributed by atoms with Gasteiger partial charge in [-0.2, -0.15) is 0 Å². The second-order valence-electron chi connectivity index (χ2n) is 5.85. The molecule has 1 aromatic carbocycles. The molecule has 0 radical (unpaired) electrons. The first kappa shape index (κ1) is 12.8. The number of likely N-dealkylation sites (N-methyl/N-ethyl adjacent to an activating group) is 1. The third-order valence-electron chi connectivity index (χ3n) is 3.51. The van der Waals surface area contributed by atoms with Gasteiger partial charge in [-0.1, -0.05) is 13.8 Å². The Morgan fingerprint density at radius 2 is 1.95 bits per heavy atom. The SMILES string of the molecule is CN1Cc2sc(-c3ccc(F)cc3)nc2C(C)(C)C1. The molecule has 2 aromatic rings. The topological polar surface area (TPSA) is 16.1 Å². The first-order valence-corrected chi connectivity index (χ1v) is 7.22. The maximum absolute atomic E-state index is 13.0.